The van der Waals surface area contributed by atoms with Crippen LogP contribution in [0.1, 0.15) is 17.0 Å². The number of ether oxygens (including phenoxy) is 1. The first-order valence-electron chi connectivity index (χ1n) is 7.33. The highest BCUT2D eigenvalue weighted by molar-refractivity contribution is 5.84. The van der Waals surface area contributed by atoms with E-state index >= 15 is 0 Å². The molecule has 0 heterocycles. The fourth-order valence-electron chi connectivity index (χ4n) is 2.66. The van der Waals surface area contributed by atoms with Crippen molar-refractivity contribution in [1.29, 1.82) is 0 Å². The Labute approximate surface area is 130 Å². The van der Waals surface area contributed by atoms with E-state index in [1.807, 2.05) is 31.5 Å². The summed E-state index contributed by atoms with van der Waals surface area (Å²) in [7, 11) is 3.67. The van der Waals surface area contributed by atoms with E-state index in [2.05, 4.69) is 9.89 Å². The lowest BCUT2D eigenvalue weighted by Gasteiger charge is -2.13. The van der Waals surface area contributed by atoms with Gasteiger partial charge in [0.15, 0.2) is 0 Å². The van der Waals surface area contributed by atoms with Crippen molar-refractivity contribution < 1.29 is 14.6 Å². The van der Waals surface area contributed by atoms with Crippen LogP contribution in [0.2, 0.25) is 0 Å². The van der Waals surface area contributed by atoms with E-state index < -0.39 is 17.9 Å². The van der Waals surface area contributed by atoms with Crippen LogP contribution in [-0.4, -0.2) is 62.1 Å². The van der Waals surface area contributed by atoms with E-state index in [1.54, 1.807) is 7.11 Å². The molecule has 0 spiro atoms. The molecule has 0 aliphatic heterocycles. The third-order valence-corrected chi connectivity index (χ3v) is 3.90. The number of aliphatic imine (C=N–C) groups is 1. The van der Waals surface area contributed by atoms with Gasteiger partial charge in [0.2, 0.25) is 5.91 Å². The van der Waals surface area contributed by atoms with Gasteiger partial charge in [-0.05, 0) is 36.7 Å². The highest BCUT2D eigenvalue weighted by Crippen LogP contribution is 2.35. The molecule has 1 aromatic carbocycles. The van der Waals surface area contributed by atoms with Crippen molar-refractivity contribution in [2.75, 3.05) is 33.9 Å². The van der Waals surface area contributed by atoms with Crippen LogP contribution in [0.25, 0.3) is 0 Å². The fourth-order valence-corrected chi connectivity index (χ4v) is 2.66. The topological polar surface area (TPSA) is 88.1 Å². The molecule has 120 valence electrons. The number of nitrogens with two attached hydrogens (primary N) is 1. The van der Waals surface area contributed by atoms with Gasteiger partial charge in [-0.15, -0.1) is 0 Å². The fraction of sp³-hybridized carbons (Fsp3) is 0.500. The maximum absolute atomic E-state index is 11.5. The predicted molar refractivity (Wildman–Crippen MR) is 85.6 cm³/mol. The Morgan fingerprint density at radius 1 is 1.59 bits per heavy atom. The van der Waals surface area contributed by atoms with E-state index in [9.17, 15) is 9.90 Å². The number of carbonyl (C=O) groups excluding carboxylic acids is 1. The number of hydrogen-bond donors (Lipinski definition) is 2. The summed E-state index contributed by atoms with van der Waals surface area (Å²) in [6.07, 6.45) is 1.56. The van der Waals surface area contributed by atoms with E-state index in [1.165, 1.54) is 0 Å². The third-order valence-electron chi connectivity index (χ3n) is 3.90. The maximum Gasteiger partial charge on any atom is 0.227 e. The Kier molecular flexibility index (Phi) is 5.65. The molecule has 2 atom stereocenters. The summed E-state index contributed by atoms with van der Waals surface area (Å²) < 4.78 is 5.02. The smallest absolute Gasteiger partial charge is 0.227 e. The molecule has 3 N–H and O–H groups in total. The van der Waals surface area contributed by atoms with Crippen molar-refractivity contribution in [1.82, 2.24) is 4.90 Å². The van der Waals surface area contributed by atoms with Gasteiger partial charge in [-0.2, -0.15) is 0 Å². The standard InChI is InChI=1S/C16H23N3O3/c1-19(7-8-22-2)6-5-18-12-4-3-11-9-14(20)15(16(17)21)13(11)10-12/h3-5,10,14-15,20H,6-9H2,1-2H3,(H2,17,21). The lowest BCUT2D eigenvalue weighted by Crippen LogP contribution is -2.28. The Bertz CT molecular complexity index is 560. The largest absolute Gasteiger partial charge is 0.392 e. The molecule has 1 aromatic rings. The van der Waals surface area contributed by atoms with Crippen LogP contribution < -0.4 is 5.73 Å². The van der Waals surface area contributed by atoms with Gasteiger partial charge in [-0.1, -0.05) is 6.07 Å². The normalized spacial score (nSPS) is 20.7. The molecule has 2 unspecified atom stereocenters. The molecule has 0 saturated heterocycles. The average Bonchev–Trinajstić information content (AvgIpc) is 2.80. The predicted octanol–water partition coefficient (Wildman–Crippen LogP) is 0.453. The molecular weight excluding hydrogens is 282 g/mol. The lowest BCUT2D eigenvalue weighted by molar-refractivity contribution is -0.121. The van der Waals surface area contributed by atoms with Crippen LogP contribution in [0.15, 0.2) is 23.2 Å². The summed E-state index contributed by atoms with van der Waals surface area (Å²) in [6, 6.07) is 5.63. The van der Waals surface area contributed by atoms with Gasteiger partial charge in [-0.25, -0.2) is 0 Å². The van der Waals surface area contributed by atoms with Crippen molar-refractivity contribution in [3.8, 4) is 0 Å². The molecule has 0 fully saturated rings. The number of carbonyl (C=O) groups is 1. The number of likely N-dealkylation sites (N-methyl/N-ethyl adjacent to an activating group) is 1. The van der Waals surface area contributed by atoms with E-state index in [0.29, 0.717) is 19.6 Å². The summed E-state index contributed by atoms with van der Waals surface area (Å²) in [4.78, 5) is 18.0. The van der Waals surface area contributed by atoms with Gasteiger partial charge in [0.1, 0.15) is 0 Å². The second-order valence-electron chi connectivity index (χ2n) is 5.60. The number of rotatable bonds is 7. The minimum absolute atomic E-state index is 0.465. The molecule has 6 nitrogen and oxygen atoms in total. The number of aliphatic hydroxyl groups is 1. The quantitative estimate of drug-likeness (QED) is 0.716. The number of amides is 1. The first-order chi connectivity index (χ1) is 10.5. The van der Waals surface area contributed by atoms with Gasteiger partial charge in [-0.3, -0.25) is 14.7 Å². The molecule has 0 bridgehead atoms. The number of primary amides is 1. The van der Waals surface area contributed by atoms with Crippen LogP contribution in [0, 0.1) is 0 Å². The summed E-state index contributed by atoms with van der Waals surface area (Å²) in [5.41, 5.74) is 7.91. The van der Waals surface area contributed by atoms with Crippen molar-refractivity contribution in [3.63, 3.8) is 0 Å². The van der Waals surface area contributed by atoms with E-state index in [4.69, 9.17) is 10.5 Å². The number of nitrogens with zero attached hydrogens (tertiary/aromatic N) is 2. The molecular formula is C16H23N3O3. The number of aliphatic hydroxyl groups excluding tert-OH is 1. The molecule has 0 radical (unpaired) electrons. The van der Waals surface area contributed by atoms with Crippen molar-refractivity contribution in [3.05, 3.63) is 29.3 Å². The molecule has 1 aliphatic rings. The molecule has 6 heteroatoms. The minimum Gasteiger partial charge on any atom is -0.392 e. The van der Waals surface area contributed by atoms with Gasteiger partial charge >= 0.3 is 0 Å². The van der Waals surface area contributed by atoms with E-state index in [-0.39, 0.29) is 0 Å². The summed E-state index contributed by atoms with van der Waals surface area (Å²) >= 11 is 0. The Balaban J connectivity index is 2.04. The van der Waals surface area contributed by atoms with Crippen molar-refractivity contribution in [2.24, 2.45) is 10.7 Å². The summed E-state index contributed by atoms with van der Waals surface area (Å²) in [5.74, 6) is -1.12. The molecule has 1 amide bonds. The van der Waals surface area contributed by atoms with Crippen LogP contribution in [0.4, 0.5) is 5.69 Å². The van der Waals surface area contributed by atoms with Crippen LogP contribution in [-0.2, 0) is 16.0 Å². The molecule has 2 rings (SSSR count). The van der Waals surface area contributed by atoms with Gasteiger partial charge < -0.3 is 15.6 Å². The van der Waals surface area contributed by atoms with Crippen LogP contribution >= 0.6 is 0 Å². The summed E-state index contributed by atoms with van der Waals surface area (Å²) in [6.45, 7) is 2.23. The van der Waals surface area contributed by atoms with Crippen LogP contribution in [0.5, 0.6) is 0 Å². The number of benzene rings is 1. The van der Waals surface area contributed by atoms with Gasteiger partial charge in [0, 0.05) is 26.4 Å². The molecule has 22 heavy (non-hydrogen) atoms. The second kappa shape index (κ2) is 7.49. The lowest BCUT2D eigenvalue weighted by atomic mass is 9.99. The maximum atomic E-state index is 11.5. The molecule has 1 aliphatic carbocycles. The zero-order chi connectivity index (χ0) is 16.1. The highest BCUT2D eigenvalue weighted by atomic mass is 16.5. The highest BCUT2D eigenvalue weighted by Gasteiger charge is 2.35. The molecule has 0 saturated carbocycles. The first-order valence-corrected chi connectivity index (χ1v) is 7.33. The first kappa shape index (κ1) is 16.6. The Morgan fingerprint density at radius 2 is 2.36 bits per heavy atom. The van der Waals surface area contributed by atoms with Gasteiger partial charge in [0.25, 0.3) is 0 Å². The average molecular weight is 305 g/mol. The molecule has 0 aromatic heterocycles. The summed E-state index contributed by atoms with van der Waals surface area (Å²) in [5, 5.41) is 9.95. The number of hydrogen-bond acceptors (Lipinski definition) is 5. The van der Waals surface area contributed by atoms with Crippen molar-refractivity contribution in [2.45, 2.75) is 18.4 Å². The van der Waals surface area contributed by atoms with E-state index in [0.717, 1.165) is 23.4 Å². The van der Waals surface area contributed by atoms with Crippen molar-refractivity contribution >= 4 is 17.8 Å². The van der Waals surface area contributed by atoms with Crippen LogP contribution in [0.3, 0.4) is 0 Å². The Morgan fingerprint density at radius 3 is 3.05 bits per heavy atom. The second-order valence-corrected chi connectivity index (χ2v) is 5.60. The Hall–Kier alpha value is -1.76. The zero-order valence-electron chi connectivity index (χ0n) is 13.0. The van der Waals surface area contributed by atoms with Gasteiger partial charge in [0.05, 0.1) is 24.3 Å². The minimum atomic E-state index is -0.730. The number of fused-ring (bicyclic) bond motifs is 1. The SMILES string of the molecule is COCCN(C)CC=Nc1ccc2c(c1)C(C(N)=O)C(O)C2. The number of methoxy groups -OCH3 is 1. The zero-order valence-corrected chi connectivity index (χ0v) is 13.0. The monoisotopic (exact) mass is 305 g/mol. The third kappa shape index (κ3) is 3.91.